The van der Waals surface area contributed by atoms with Crippen LogP contribution in [0.25, 0.3) is 0 Å². The first-order valence-corrected chi connectivity index (χ1v) is 12.1. The smallest absolute Gasteiger partial charge is 0.255 e. The second kappa shape index (κ2) is 8.80. The van der Waals surface area contributed by atoms with Gasteiger partial charge in [-0.15, -0.1) is 0 Å². The van der Waals surface area contributed by atoms with Crippen LogP contribution in [0.3, 0.4) is 0 Å². The van der Waals surface area contributed by atoms with E-state index in [0.717, 1.165) is 68.7 Å². The van der Waals surface area contributed by atoms with Crippen molar-refractivity contribution in [3.05, 3.63) is 29.3 Å². The van der Waals surface area contributed by atoms with Crippen molar-refractivity contribution in [2.45, 2.75) is 70.4 Å². The number of imide groups is 1. The first kappa shape index (κ1) is 21.9. The van der Waals surface area contributed by atoms with Crippen LogP contribution in [-0.2, 0) is 20.9 Å². The average molecular weight is 454 g/mol. The summed E-state index contributed by atoms with van der Waals surface area (Å²) in [5, 5.41) is 5.42. The van der Waals surface area contributed by atoms with Crippen molar-refractivity contribution in [1.82, 2.24) is 15.5 Å². The Morgan fingerprint density at radius 1 is 1.12 bits per heavy atom. The molecule has 2 aliphatic heterocycles. The number of piperidine rings is 1. The molecule has 33 heavy (non-hydrogen) atoms. The van der Waals surface area contributed by atoms with Gasteiger partial charge < -0.3 is 15.0 Å². The number of rotatable bonds is 10. The Morgan fingerprint density at radius 3 is 2.64 bits per heavy atom. The summed E-state index contributed by atoms with van der Waals surface area (Å²) in [6.45, 7) is 1.71. The van der Waals surface area contributed by atoms with Crippen LogP contribution in [0.5, 0.6) is 5.75 Å². The highest BCUT2D eigenvalue weighted by Gasteiger charge is 2.61. The molecule has 3 aliphatic carbocycles. The van der Waals surface area contributed by atoms with Gasteiger partial charge in [0.15, 0.2) is 0 Å². The number of carbonyl (C=O) groups excluding carboxylic acids is 4. The largest absolute Gasteiger partial charge is 0.494 e. The SMILES string of the molecule is O=C1CCC(N2Cc3cc(OCCCCCCNC(=O)C45CC(C4)C5)ccc3C2=O)C(=O)N1. The number of nitrogens with one attached hydrogen (secondary N) is 2. The number of amides is 4. The van der Waals surface area contributed by atoms with Crippen molar-refractivity contribution in [2.75, 3.05) is 13.2 Å². The second-order valence-electron chi connectivity index (χ2n) is 10.00. The number of carbonyl (C=O) groups is 4. The number of ether oxygens (including phenoxy) is 1. The lowest BCUT2D eigenvalue weighted by Crippen LogP contribution is -2.60. The van der Waals surface area contributed by atoms with Crippen LogP contribution in [0.4, 0.5) is 0 Å². The van der Waals surface area contributed by atoms with Gasteiger partial charge in [0.05, 0.1) is 6.61 Å². The van der Waals surface area contributed by atoms with E-state index >= 15 is 0 Å². The van der Waals surface area contributed by atoms with E-state index in [9.17, 15) is 19.2 Å². The molecule has 8 nitrogen and oxygen atoms in total. The van der Waals surface area contributed by atoms with Gasteiger partial charge in [-0.25, -0.2) is 0 Å². The van der Waals surface area contributed by atoms with Crippen LogP contribution in [0, 0.1) is 11.3 Å². The quantitative estimate of drug-likeness (QED) is 0.418. The van der Waals surface area contributed by atoms with Crippen LogP contribution in [0.1, 0.15) is 73.7 Å². The van der Waals surface area contributed by atoms with Gasteiger partial charge in [-0.05, 0) is 68.2 Å². The normalized spacial score (nSPS) is 27.4. The molecule has 0 radical (unpaired) electrons. The van der Waals surface area contributed by atoms with Gasteiger partial charge in [-0.1, -0.05) is 12.8 Å². The molecule has 0 aromatic heterocycles. The minimum atomic E-state index is -0.601. The predicted molar refractivity (Wildman–Crippen MR) is 119 cm³/mol. The molecule has 1 unspecified atom stereocenters. The van der Waals surface area contributed by atoms with Gasteiger partial charge in [0, 0.05) is 30.5 Å². The Labute approximate surface area is 193 Å². The molecule has 1 atom stereocenters. The number of nitrogens with zero attached hydrogens (tertiary/aromatic N) is 1. The Hall–Kier alpha value is -2.90. The summed E-state index contributed by atoms with van der Waals surface area (Å²) in [7, 11) is 0. The van der Waals surface area contributed by atoms with Crippen LogP contribution >= 0.6 is 0 Å². The maximum Gasteiger partial charge on any atom is 0.255 e. The van der Waals surface area contributed by atoms with E-state index in [1.165, 1.54) is 0 Å². The minimum Gasteiger partial charge on any atom is -0.494 e. The van der Waals surface area contributed by atoms with Crippen molar-refractivity contribution in [3.63, 3.8) is 0 Å². The lowest BCUT2D eigenvalue weighted by molar-refractivity contribution is -0.164. The summed E-state index contributed by atoms with van der Waals surface area (Å²) in [5.41, 5.74) is 1.45. The Bertz CT molecular complexity index is 973. The number of hydrogen-bond donors (Lipinski definition) is 2. The topological polar surface area (TPSA) is 105 Å². The molecule has 8 heteroatoms. The Morgan fingerprint density at radius 2 is 1.91 bits per heavy atom. The molecule has 0 spiro atoms. The molecule has 4 fully saturated rings. The highest BCUT2D eigenvalue weighted by molar-refractivity contribution is 6.05. The van der Waals surface area contributed by atoms with Crippen LogP contribution in [0.15, 0.2) is 18.2 Å². The standard InChI is InChI=1S/C25H31N3O5/c29-21-8-7-20(22(30)27-21)28-15-17-11-18(5-6-19(17)23(28)31)33-10-4-2-1-3-9-26-24(32)25-12-16(13-25)14-25/h5-6,11,16,20H,1-4,7-10,12-15H2,(H,26,32)(H,27,29,30). The van der Waals surface area contributed by atoms with Gasteiger partial charge in [0.25, 0.3) is 5.91 Å². The van der Waals surface area contributed by atoms with Crippen LogP contribution in [-0.4, -0.2) is 47.7 Å². The summed E-state index contributed by atoms with van der Waals surface area (Å²) in [6.07, 6.45) is 7.91. The third kappa shape index (κ3) is 4.23. The molecule has 1 saturated heterocycles. The first-order chi connectivity index (χ1) is 15.9. The molecule has 5 aliphatic rings. The molecule has 176 valence electrons. The number of benzene rings is 1. The first-order valence-electron chi connectivity index (χ1n) is 12.1. The molecule has 2 N–H and O–H groups in total. The second-order valence-corrected chi connectivity index (χ2v) is 10.00. The molecular formula is C25H31N3O5. The molecule has 4 amide bonds. The van der Waals surface area contributed by atoms with E-state index in [0.29, 0.717) is 25.1 Å². The fraction of sp³-hybridized carbons (Fsp3) is 0.600. The summed E-state index contributed by atoms with van der Waals surface area (Å²) in [6, 6.07) is 4.83. The molecule has 1 aromatic rings. The van der Waals surface area contributed by atoms with Crippen molar-refractivity contribution in [2.24, 2.45) is 11.3 Å². The van der Waals surface area contributed by atoms with Crippen LogP contribution in [0.2, 0.25) is 0 Å². The molecule has 2 heterocycles. The van der Waals surface area contributed by atoms with Gasteiger partial charge in [0.2, 0.25) is 17.7 Å². The van der Waals surface area contributed by atoms with E-state index < -0.39 is 11.9 Å². The van der Waals surface area contributed by atoms with Crippen molar-refractivity contribution in [3.8, 4) is 5.75 Å². The maximum absolute atomic E-state index is 12.7. The zero-order valence-electron chi connectivity index (χ0n) is 18.9. The van der Waals surface area contributed by atoms with E-state index in [1.807, 2.05) is 6.07 Å². The van der Waals surface area contributed by atoms with E-state index in [2.05, 4.69) is 10.6 Å². The van der Waals surface area contributed by atoms with Gasteiger partial charge >= 0.3 is 0 Å². The van der Waals surface area contributed by atoms with E-state index in [-0.39, 0.29) is 29.6 Å². The molecular weight excluding hydrogens is 422 g/mol. The summed E-state index contributed by atoms with van der Waals surface area (Å²) in [4.78, 5) is 49.9. The summed E-state index contributed by atoms with van der Waals surface area (Å²) < 4.78 is 5.88. The van der Waals surface area contributed by atoms with Crippen molar-refractivity contribution < 1.29 is 23.9 Å². The van der Waals surface area contributed by atoms with E-state index in [1.54, 1.807) is 17.0 Å². The molecule has 2 bridgehead atoms. The van der Waals surface area contributed by atoms with Crippen molar-refractivity contribution >= 4 is 23.6 Å². The highest BCUT2D eigenvalue weighted by Crippen LogP contribution is 2.64. The van der Waals surface area contributed by atoms with Crippen molar-refractivity contribution in [1.29, 1.82) is 0 Å². The fourth-order valence-electron chi connectivity index (χ4n) is 5.56. The molecule has 3 saturated carbocycles. The zero-order valence-corrected chi connectivity index (χ0v) is 18.9. The summed E-state index contributed by atoms with van der Waals surface area (Å²) >= 11 is 0. The fourth-order valence-corrected chi connectivity index (χ4v) is 5.56. The number of hydrogen-bond acceptors (Lipinski definition) is 5. The number of fused-ring (bicyclic) bond motifs is 1. The third-order valence-electron chi connectivity index (χ3n) is 7.64. The maximum atomic E-state index is 12.7. The predicted octanol–water partition coefficient (Wildman–Crippen LogP) is 2.30. The highest BCUT2D eigenvalue weighted by atomic mass is 16.5. The molecule has 6 rings (SSSR count). The average Bonchev–Trinajstić information content (AvgIpc) is 3.03. The van der Waals surface area contributed by atoms with Gasteiger partial charge in [-0.2, -0.15) is 0 Å². The zero-order chi connectivity index (χ0) is 23.0. The lowest BCUT2D eigenvalue weighted by atomic mass is 9.44. The Kier molecular flexibility index (Phi) is 5.85. The lowest BCUT2D eigenvalue weighted by Gasteiger charge is -2.60. The van der Waals surface area contributed by atoms with Gasteiger partial charge in [-0.3, -0.25) is 24.5 Å². The monoisotopic (exact) mass is 453 g/mol. The third-order valence-corrected chi connectivity index (χ3v) is 7.64. The minimum absolute atomic E-state index is 0.0118. The number of unbranched alkanes of at least 4 members (excludes halogenated alkanes) is 3. The Balaban J connectivity index is 1.00. The van der Waals surface area contributed by atoms with E-state index in [4.69, 9.17) is 4.74 Å². The molecule has 1 aromatic carbocycles. The summed E-state index contributed by atoms with van der Waals surface area (Å²) in [5.74, 6) is 0.948. The van der Waals surface area contributed by atoms with Gasteiger partial charge in [0.1, 0.15) is 11.8 Å². The van der Waals surface area contributed by atoms with Crippen LogP contribution < -0.4 is 15.4 Å².